The van der Waals surface area contributed by atoms with E-state index in [2.05, 4.69) is 28.6 Å². The smallest absolute Gasteiger partial charge is 0.358 e. The van der Waals surface area contributed by atoms with Gasteiger partial charge in [0.2, 0.25) is 0 Å². The van der Waals surface area contributed by atoms with Crippen molar-refractivity contribution in [3.05, 3.63) is 95.3 Å². The van der Waals surface area contributed by atoms with Gasteiger partial charge in [0.25, 0.3) is 5.91 Å². The van der Waals surface area contributed by atoms with Crippen LogP contribution in [0.5, 0.6) is 0 Å². The Bertz CT molecular complexity index is 1320. The topological polar surface area (TPSA) is 73.2 Å². The summed E-state index contributed by atoms with van der Waals surface area (Å²) in [5.74, 6) is -0.439. The number of benzene rings is 3. The number of aromatic nitrogens is 2. The lowest BCUT2D eigenvalue weighted by Gasteiger charge is -2.17. The Morgan fingerprint density at radius 1 is 0.971 bits per heavy atom. The highest BCUT2D eigenvalue weighted by Gasteiger charge is 2.19. The Kier molecular flexibility index (Phi) is 6.77. The van der Waals surface area contributed by atoms with Gasteiger partial charge >= 0.3 is 5.97 Å². The molecule has 0 spiro atoms. The number of carbonyl (C=O) groups is 2. The minimum atomic E-state index is -0.443. The Balaban J connectivity index is 1.55. The van der Waals surface area contributed by atoms with Crippen LogP contribution >= 0.6 is 0 Å². The number of rotatable bonds is 7. The second-order valence-electron chi connectivity index (χ2n) is 8.55. The molecule has 1 unspecified atom stereocenters. The molecular weight excluding hydrogens is 426 g/mol. The summed E-state index contributed by atoms with van der Waals surface area (Å²) in [6, 6.07) is 23.1. The van der Waals surface area contributed by atoms with Gasteiger partial charge < -0.3 is 10.1 Å². The maximum Gasteiger partial charge on any atom is 0.358 e. The van der Waals surface area contributed by atoms with Crippen molar-refractivity contribution in [3.63, 3.8) is 0 Å². The molecule has 0 radical (unpaired) electrons. The lowest BCUT2D eigenvalue weighted by atomic mass is 9.99. The lowest BCUT2D eigenvalue weighted by Crippen LogP contribution is -2.26. The summed E-state index contributed by atoms with van der Waals surface area (Å²) in [7, 11) is 0. The van der Waals surface area contributed by atoms with Crippen molar-refractivity contribution in [3.8, 4) is 5.69 Å². The summed E-state index contributed by atoms with van der Waals surface area (Å²) in [5.41, 5.74) is 3.58. The van der Waals surface area contributed by atoms with E-state index < -0.39 is 5.97 Å². The molecule has 1 amide bonds. The van der Waals surface area contributed by atoms with E-state index in [1.165, 1.54) is 0 Å². The molecule has 4 aromatic rings. The van der Waals surface area contributed by atoms with Gasteiger partial charge in [-0.2, -0.15) is 5.10 Å². The van der Waals surface area contributed by atoms with Crippen LogP contribution in [-0.2, 0) is 4.74 Å². The van der Waals surface area contributed by atoms with Crippen molar-refractivity contribution in [1.82, 2.24) is 15.1 Å². The largest absolute Gasteiger partial charge is 0.461 e. The number of ether oxygens (including phenoxy) is 1. The zero-order valence-electron chi connectivity index (χ0n) is 19.9. The molecule has 174 valence electrons. The maximum absolute atomic E-state index is 13.0. The third kappa shape index (κ3) is 4.71. The molecule has 6 heteroatoms. The molecule has 1 aromatic heterocycles. The second-order valence-corrected chi connectivity index (χ2v) is 8.55. The van der Waals surface area contributed by atoms with Crippen molar-refractivity contribution in [1.29, 1.82) is 0 Å². The number of amides is 1. The van der Waals surface area contributed by atoms with E-state index in [1.54, 1.807) is 29.8 Å². The minimum Gasteiger partial charge on any atom is -0.461 e. The van der Waals surface area contributed by atoms with Gasteiger partial charge in [-0.05, 0) is 66.4 Å². The van der Waals surface area contributed by atoms with Crippen LogP contribution in [0.3, 0.4) is 0 Å². The molecule has 4 rings (SSSR count). The first-order valence-electron chi connectivity index (χ1n) is 11.5. The van der Waals surface area contributed by atoms with Crippen LogP contribution in [0.25, 0.3) is 16.5 Å². The number of esters is 1. The van der Waals surface area contributed by atoms with Crippen molar-refractivity contribution in [2.45, 2.75) is 39.7 Å². The number of hydrogen-bond acceptors (Lipinski definition) is 4. The van der Waals surface area contributed by atoms with E-state index in [1.807, 2.05) is 57.2 Å². The van der Waals surface area contributed by atoms with Crippen LogP contribution in [0.15, 0.2) is 72.8 Å². The summed E-state index contributed by atoms with van der Waals surface area (Å²) in [5, 5.41) is 9.83. The molecule has 6 nitrogen and oxygen atoms in total. The molecule has 1 heterocycles. The van der Waals surface area contributed by atoms with Gasteiger partial charge in [-0.1, -0.05) is 56.3 Å². The third-order valence-electron chi connectivity index (χ3n) is 5.82. The molecule has 0 aliphatic carbocycles. The summed E-state index contributed by atoms with van der Waals surface area (Å²) >= 11 is 0. The first-order chi connectivity index (χ1) is 16.4. The van der Waals surface area contributed by atoms with Crippen LogP contribution in [-0.4, -0.2) is 28.3 Å². The Labute approximate surface area is 199 Å². The minimum absolute atomic E-state index is 0.149. The van der Waals surface area contributed by atoms with Gasteiger partial charge in [0, 0.05) is 11.3 Å². The zero-order chi connectivity index (χ0) is 24.2. The third-order valence-corrected chi connectivity index (χ3v) is 5.82. The second kappa shape index (κ2) is 9.91. The monoisotopic (exact) mass is 455 g/mol. The fourth-order valence-electron chi connectivity index (χ4n) is 4.06. The molecule has 0 fully saturated rings. The van der Waals surface area contributed by atoms with Crippen LogP contribution in [0.2, 0.25) is 0 Å². The number of fused-ring (bicyclic) bond motifs is 1. The highest BCUT2D eigenvalue weighted by Crippen LogP contribution is 2.25. The Morgan fingerprint density at radius 3 is 2.38 bits per heavy atom. The fraction of sp³-hybridized carbons (Fsp3) is 0.250. The van der Waals surface area contributed by atoms with E-state index in [-0.39, 0.29) is 23.6 Å². The summed E-state index contributed by atoms with van der Waals surface area (Å²) in [6.07, 6.45) is 0. The molecule has 3 aromatic carbocycles. The van der Waals surface area contributed by atoms with E-state index in [0.717, 1.165) is 27.7 Å². The van der Waals surface area contributed by atoms with Gasteiger partial charge in [0.1, 0.15) is 0 Å². The van der Waals surface area contributed by atoms with E-state index in [0.29, 0.717) is 12.2 Å². The maximum atomic E-state index is 13.0. The van der Waals surface area contributed by atoms with Crippen LogP contribution in [0.1, 0.15) is 71.8 Å². The molecule has 0 aliphatic rings. The summed E-state index contributed by atoms with van der Waals surface area (Å²) < 4.78 is 6.83. The Hall–Kier alpha value is -3.93. The molecule has 1 atom stereocenters. The van der Waals surface area contributed by atoms with Gasteiger partial charge in [0.05, 0.1) is 18.3 Å². The zero-order valence-corrected chi connectivity index (χ0v) is 19.9. The molecule has 34 heavy (non-hydrogen) atoms. The number of nitrogens with zero attached hydrogens (tertiary/aromatic N) is 2. The average molecular weight is 456 g/mol. The highest BCUT2D eigenvalue weighted by atomic mass is 16.5. The number of carbonyl (C=O) groups excluding carboxylic acids is 2. The molecule has 0 saturated carbocycles. The van der Waals surface area contributed by atoms with E-state index in [9.17, 15) is 9.59 Å². The standard InChI is InChI=1S/C28H29N3O3/c1-5-34-28(33)25-17-26(18(2)3)31(30-25)22-15-13-21(14-16-22)27(32)29-19(4)23-12-8-10-20-9-6-7-11-24(20)23/h6-19H,5H2,1-4H3,(H,29,32). The van der Waals surface area contributed by atoms with Gasteiger partial charge in [-0.15, -0.1) is 0 Å². The van der Waals surface area contributed by atoms with Crippen molar-refractivity contribution < 1.29 is 14.3 Å². The van der Waals surface area contributed by atoms with Crippen LogP contribution in [0.4, 0.5) is 0 Å². The van der Waals surface area contributed by atoms with Crippen molar-refractivity contribution in [2.75, 3.05) is 6.61 Å². The molecule has 0 saturated heterocycles. The lowest BCUT2D eigenvalue weighted by molar-refractivity contribution is 0.0518. The SMILES string of the molecule is CCOC(=O)c1cc(C(C)C)n(-c2ccc(C(=O)NC(C)c3cccc4ccccc34)cc2)n1. The fourth-order valence-corrected chi connectivity index (χ4v) is 4.06. The quantitative estimate of drug-likeness (QED) is 0.357. The van der Waals surface area contributed by atoms with Gasteiger partial charge in [-0.3, -0.25) is 4.79 Å². The number of nitrogens with one attached hydrogen (secondary N) is 1. The first-order valence-corrected chi connectivity index (χ1v) is 11.5. The summed E-state index contributed by atoms with van der Waals surface area (Å²) in [4.78, 5) is 25.1. The predicted octanol–water partition coefficient (Wildman–Crippen LogP) is 5.82. The van der Waals surface area contributed by atoms with E-state index in [4.69, 9.17) is 4.74 Å². The first kappa shape index (κ1) is 23.2. The van der Waals surface area contributed by atoms with Crippen molar-refractivity contribution >= 4 is 22.6 Å². The highest BCUT2D eigenvalue weighted by molar-refractivity contribution is 5.95. The molecule has 0 bridgehead atoms. The molecule has 1 N–H and O–H groups in total. The average Bonchev–Trinajstić information content (AvgIpc) is 3.30. The van der Waals surface area contributed by atoms with E-state index >= 15 is 0 Å². The number of hydrogen-bond donors (Lipinski definition) is 1. The van der Waals surface area contributed by atoms with Gasteiger partial charge in [0.15, 0.2) is 5.69 Å². The molecule has 0 aliphatic heterocycles. The predicted molar refractivity (Wildman–Crippen MR) is 133 cm³/mol. The Morgan fingerprint density at radius 2 is 1.68 bits per heavy atom. The normalized spacial score (nSPS) is 12.0. The van der Waals surface area contributed by atoms with Crippen LogP contribution < -0.4 is 5.32 Å². The summed E-state index contributed by atoms with van der Waals surface area (Å²) in [6.45, 7) is 8.13. The van der Waals surface area contributed by atoms with Crippen LogP contribution in [0, 0.1) is 0 Å². The van der Waals surface area contributed by atoms with Gasteiger partial charge in [-0.25, -0.2) is 9.48 Å². The van der Waals surface area contributed by atoms with Crippen molar-refractivity contribution in [2.24, 2.45) is 0 Å². The molecular formula is C28H29N3O3.